The van der Waals surface area contributed by atoms with Gasteiger partial charge >= 0.3 is 0 Å². The molecule has 2 aromatic carbocycles. The maximum Gasteiger partial charge on any atom is 0.215 e. The average Bonchev–Trinajstić information content (AvgIpc) is 2.28. The Morgan fingerprint density at radius 3 is 2.24 bits per heavy atom. The molecule has 0 radical (unpaired) electrons. The van der Waals surface area contributed by atoms with Crippen LogP contribution in [0.5, 0.6) is 11.5 Å². The summed E-state index contributed by atoms with van der Waals surface area (Å²) in [5.74, 6) is 0.487. The number of hydrogen-bond donors (Lipinski definition) is 2. The molecule has 0 saturated carbocycles. The molecule has 0 aliphatic heterocycles. The summed E-state index contributed by atoms with van der Waals surface area (Å²) in [4.78, 5) is 3.09. The van der Waals surface area contributed by atoms with Crippen LogP contribution in [0, 0.1) is 0 Å². The third kappa shape index (κ3) is 1.91. The van der Waals surface area contributed by atoms with Gasteiger partial charge in [-0.1, -0.05) is 0 Å². The van der Waals surface area contributed by atoms with Crippen molar-refractivity contribution < 1.29 is 32.2 Å². The summed E-state index contributed by atoms with van der Waals surface area (Å²) in [6.45, 7) is 0. The van der Waals surface area contributed by atoms with E-state index in [2.05, 4.69) is 4.98 Å². The van der Waals surface area contributed by atoms with Crippen molar-refractivity contribution in [1.29, 1.82) is 0 Å². The van der Waals surface area contributed by atoms with Gasteiger partial charge in [0.15, 0.2) is 6.20 Å². The molecule has 0 unspecified atom stereocenters. The summed E-state index contributed by atoms with van der Waals surface area (Å²) in [6.07, 6.45) is 1.82. The van der Waals surface area contributed by atoms with Crippen LogP contribution in [0.15, 0.2) is 42.6 Å². The number of aromatic hydroxyl groups is 2. The molecular formula is C13H10BrNO2. The van der Waals surface area contributed by atoms with E-state index < -0.39 is 0 Å². The molecule has 0 aliphatic carbocycles. The highest BCUT2D eigenvalue weighted by Crippen LogP contribution is 2.26. The van der Waals surface area contributed by atoms with E-state index >= 15 is 0 Å². The molecule has 1 heterocycles. The van der Waals surface area contributed by atoms with E-state index in [0.29, 0.717) is 0 Å². The molecule has 4 heteroatoms. The number of fused-ring (bicyclic) bond motifs is 3. The first-order valence-electron chi connectivity index (χ1n) is 5.00. The number of aromatic amines is 1. The van der Waals surface area contributed by atoms with Crippen molar-refractivity contribution in [2.45, 2.75) is 0 Å². The zero-order chi connectivity index (χ0) is 11.1. The van der Waals surface area contributed by atoms with E-state index in [1.807, 2.05) is 18.3 Å². The van der Waals surface area contributed by atoms with E-state index in [4.69, 9.17) is 0 Å². The van der Waals surface area contributed by atoms with Gasteiger partial charge in [0.05, 0.1) is 11.5 Å². The quantitative estimate of drug-likeness (QED) is 0.534. The number of phenolic OH excluding ortho intramolecular Hbond substituents is 2. The number of benzene rings is 2. The highest BCUT2D eigenvalue weighted by atomic mass is 79.9. The minimum Gasteiger partial charge on any atom is -1.00 e. The zero-order valence-electron chi connectivity index (χ0n) is 8.81. The lowest BCUT2D eigenvalue weighted by molar-refractivity contribution is -0.342. The van der Waals surface area contributed by atoms with Crippen LogP contribution < -0.4 is 22.0 Å². The summed E-state index contributed by atoms with van der Waals surface area (Å²) < 4.78 is 0. The number of halogens is 1. The molecule has 0 atom stereocenters. The number of pyridine rings is 1. The van der Waals surface area contributed by atoms with Crippen LogP contribution in [0.25, 0.3) is 21.7 Å². The summed E-state index contributed by atoms with van der Waals surface area (Å²) in [7, 11) is 0. The van der Waals surface area contributed by atoms with E-state index in [1.54, 1.807) is 24.3 Å². The largest absolute Gasteiger partial charge is 1.00 e. The van der Waals surface area contributed by atoms with Gasteiger partial charge in [-0.2, -0.15) is 0 Å². The smallest absolute Gasteiger partial charge is 0.215 e. The number of nitrogens with one attached hydrogen (secondary N) is 1. The van der Waals surface area contributed by atoms with Crippen LogP contribution >= 0.6 is 0 Å². The second kappa shape index (κ2) is 4.22. The van der Waals surface area contributed by atoms with Gasteiger partial charge in [-0.3, -0.25) is 0 Å². The summed E-state index contributed by atoms with van der Waals surface area (Å²) in [6, 6.07) is 10.4. The van der Waals surface area contributed by atoms with Crippen molar-refractivity contribution in [3.63, 3.8) is 0 Å². The molecule has 17 heavy (non-hydrogen) atoms. The Labute approximate surface area is 108 Å². The second-order valence-electron chi connectivity index (χ2n) is 3.79. The van der Waals surface area contributed by atoms with Gasteiger partial charge in [-0.05, 0) is 30.3 Å². The van der Waals surface area contributed by atoms with E-state index in [0.717, 1.165) is 21.7 Å². The van der Waals surface area contributed by atoms with Crippen LogP contribution in [0.4, 0.5) is 0 Å². The Bertz CT molecular complexity index is 637. The lowest BCUT2D eigenvalue weighted by Gasteiger charge is -2.00. The molecule has 0 spiro atoms. The van der Waals surface area contributed by atoms with E-state index in [9.17, 15) is 10.2 Å². The third-order valence-electron chi connectivity index (χ3n) is 2.71. The topological polar surface area (TPSA) is 54.6 Å². The maximum absolute atomic E-state index is 9.39. The number of rotatable bonds is 0. The fraction of sp³-hybridized carbons (Fsp3) is 0. The maximum atomic E-state index is 9.39. The van der Waals surface area contributed by atoms with Gasteiger partial charge in [0.25, 0.3) is 0 Å². The highest BCUT2D eigenvalue weighted by molar-refractivity contribution is 6.04. The average molecular weight is 292 g/mol. The van der Waals surface area contributed by atoms with E-state index in [-0.39, 0.29) is 28.5 Å². The predicted octanol–water partition coefficient (Wildman–Crippen LogP) is -0.778. The molecule has 0 saturated heterocycles. The van der Waals surface area contributed by atoms with Crippen molar-refractivity contribution in [1.82, 2.24) is 0 Å². The Kier molecular flexibility index (Phi) is 2.90. The highest BCUT2D eigenvalue weighted by Gasteiger charge is 2.07. The summed E-state index contributed by atoms with van der Waals surface area (Å²) in [5.41, 5.74) is 0.873. The fourth-order valence-corrected chi connectivity index (χ4v) is 1.96. The number of aromatic nitrogens is 1. The minimum atomic E-state index is 0. The molecule has 0 aliphatic rings. The molecule has 86 valence electrons. The number of hydrogen-bond acceptors (Lipinski definition) is 2. The van der Waals surface area contributed by atoms with Crippen LogP contribution in [0.1, 0.15) is 0 Å². The van der Waals surface area contributed by atoms with Crippen molar-refractivity contribution in [3.8, 4) is 11.5 Å². The molecular weight excluding hydrogens is 282 g/mol. The van der Waals surface area contributed by atoms with Gasteiger partial charge in [0.1, 0.15) is 11.5 Å². The van der Waals surface area contributed by atoms with Gasteiger partial charge < -0.3 is 27.2 Å². The first kappa shape index (κ1) is 11.7. The Hall–Kier alpha value is -1.81. The second-order valence-corrected chi connectivity index (χ2v) is 3.79. The van der Waals surface area contributed by atoms with Crippen molar-refractivity contribution in [2.75, 3.05) is 0 Å². The molecule has 3 N–H and O–H groups in total. The van der Waals surface area contributed by atoms with Gasteiger partial charge in [-0.15, -0.1) is 0 Å². The molecule has 0 amide bonds. The first-order valence-corrected chi connectivity index (χ1v) is 5.00. The minimum absolute atomic E-state index is 0. The van der Waals surface area contributed by atoms with Gasteiger partial charge in [0.2, 0.25) is 5.52 Å². The Morgan fingerprint density at radius 1 is 0.824 bits per heavy atom. The summed E-state index contributed by atoms with van der Waals surface area (Å²) >= 11 is 0. The SMILES string of the molecule is Oc1ccc2c(c[nH+]c3cc(O)ccc32)c1.[Br-]. The van der Waals surface area contributed by atoms with Gasteiger partial charge in [-0.25, -0.2) is 4.98 Å². The monoisotopic (exact) mass is 291 g/mol. The molecule has 1 aromatic heterocycles. The van der Waals surface area contributed by atoms with Gasteiger partial charge in [0, 0.05) is 10.8 Å². The van der Waals surface area contributed by atoms with E-state index in [1.165, 1.54) is 0 Å². The first-order chi connectivity index (χ1) is 7.74. The molecule has 3 aromatic rings. The van der Waals surface area contributed by atoms with Crippen LogP contribution in [-0.4, -0.2) is 10.2 Å². The molecule has 0 fully saturated rings. The fourth-order valence-electron chi connectivity index (χ4n) is 1.96. The number of phenols is 2. The Balaban J connectivity index is 0.00000108. The predicted molar refractivity (Wildman–Crippen MR) is 61.3 cm³/mol. The molecule has 0 bridgehead atoms. The number of H-pyrrole nitrogens is 1. The van der Waals surface area contributed by atoms with Crippen molar-refractivity contribution in [3.05, 3.63) is 42.6 Å². The van der Waals surface area contributed by atoms with Crippen molar-refractivity contribution in [2.24, 2.45) is 0 Å². The standard InChI is InChI=1S/C13H9NO2.BrH/c15-9-1-3-11-8(5-9)7-14-13-6-10(16)2-4-12(11)13;/h1-7,15-16H;1H. The third-order valence-corrected chi connectivity index (χ3v) is 2.71. The summed E-state index contributed by atoms with van der Waals surface area (Å²) in [5, 5.41) is 21.8. The van der Waals surface area contributed by atoms with Crippen molar-refractivity contribution >= 4 is 21.7 Å². The van der Waals surface area contributed by atoms with Crippen LogP contribution in [-0.2, 0) is 0 Å². The van der Waals surface area contributed by atoms with Crippen LogP contribution in [0.2, 0.25) is 0 Å². The normalized spacial score (nSPS) is 10.4. The zero-order valence-corrected chi connectivity index (χ0v) is 10.4. The molecule has 3 nitrogen and oxygen atoms in total. The Morgan fingerprint density at radius 2 is 1.47 bits per heavy atom. The lowest BCUT2D eigenvalue weighted by atomic mass is 10.1. The van der Waals surface area contributed by atoms with Crippen LogP contribution in [0.3, 0.4) is 0 Å². The lowest BCUT2D eigenvalue weighted by Crippen LogP contribution is -3.00. The molecule has 3 rings (SSSR count).